The lowest BCUT2D eigenvalue weighted by atomic mass is 10.2. The number of hydrogen-bond acceptors (Lipinski definition) is 3. The van der Waals surface area contributed by atoms with Crippen LogP contribution in [0.25, 0.3) is 0 Å². The largest absolute Gasteiger partial charge is 0.355 e. The lowest BCUT2D eigenvalue weighted by Gasteiger charge is -2.07. The molecular formula is C9H21N3O. The van der Waals surface area contributed by atoms with Crippen LogP contribution < -0.4 is 16.4 Å². The van der Waals surface area contributed by atoms with Gasteiger partial charge >= 0.3 is 0 Å². The van der Waals surface area contributed by atoms with Gasteiger partial charge in [-0.05, 0) is 19.5 Å². The van der Waals surface area contributed by atoms with E-state index in [-0.39, 0.29) is 11.8 Å². The Morgan fingerprint density at radius 1 is 1.31 bits per heavy atom. The summed E-state index contributed by atoms with van der Waals surface area (Å²) in [6.45, 7) is 6.92. The van der Waals surface area contributed by atoms with E-state index in [1.807, 2.05) is 13.8 Å². The van der Waals surface area contributed by atoms with Crippen LogP contribution in [0.3, 0.4) is 0 Å². The molecule has 13 heavy (non-hydrogen) atoms. The zero-order valence-electron chi connectivity index (χ0n) is 8.60. The molecule has 0 atom stereocenters. The first kappa shape index (κ1) is 12.4. The van der Waals surface area contributed by atoms with Crippen LogP contribution in [0.4, 0.5) is 0 Å². The van der Waals surface area contributed by atoms with E-state index in [1.54, 1.807) is 0 Å². The quantitative estimate of drug-likeness (QED) is 0.479. The first-order chi connectivity index (χ1) is 6.18. The number of hydrogen-bond donors (Lipinski definition) is 3. The van der Waals surface area contributed by atoms with Gasteiger partial charge in [0.2, 0.25) is 5.91 Å². The molecule has 0 aliphatic heterocycles. The summed E-state index contributed by atoms with van der Waals surface area (Å²) in [5.41, 5.74) is 5.32. The van der Waals surface area contributed by atoms with Gasteiger partial charge in [-0.25, -0.2) is 0 Å². The smallest absolute Gasteiger partial charge is 0.222 e. The molecule has 0 aromatic heterocycles. The molecule has 0 saturated heterocycles. The van der Waals surface area contributed by atoms with E-state index in [2.05, 4.69) is 10.6 Å². The summed E-state index contributed by atoms with van der Waals surface area (Å²) in [6, 6.07) is 0. The van der Waals surface area contributed by atoms with Crippen LogP contribution in [0, 0.1) is 5.92 Å². The van der Waals surface area contributed by atoms with E-state index in [0.717, 1.165) is 19.5 Å². The number of amides is 1. The average molecular weight is 187 g/mol. The number of nitrogens with two attached hydrogens (primary N) is 1. The van der Waals surface area contributed by atoms with Crippen molar-refractivity contribution in [3.63, 3.8) is 0 Å². The van der Waals surface area contributed by atoms with E-state index in [9.17, 15) is 4.79 Å². The van der Waals surface area contributed by atoms with Crippen LogP contribution >= 0.6 is 0 Å². The predicted octanol–water partition coefficient (Wildman–Crippen LogP) is -0.303. The summed E-state index contributed by atoms with van der Waals surface area (Å²) in [4.78, 5) is 11.1. The Labute approximate surface area is 80.3 Å². The van der Waals surface area contributed by atoms with Crippen molar-refractivity contribution in [2.45, 2.75) is 20.3 Å². The van der Waals surface area contributed by atoms with Gasteiger partial charge in [0.25, 0.3) is 0 Å². The van der Waals surface area contributed by atoms with E-state index in [1.165, 1.54) is 0 Å². The Kier molecular flexibility index (Phi) is 7.63. The highest BCUT2D eigenvalue weighted by atomic mass is 16.1. The van der Waals surface area contributed by atoms with Crippen molar-refractivity contribution in [1.82, 2.24) is 10.6 Å². The van der Waals surface area contributed by atoms with Gasteiger partial charge in [0.15, 0.2) is 0 Å². The molecule has 0 aliphatic carbocycles. The van der Waals surface area contributed by atoms with Crippen molar-refractivity contribution in [2.24, 2.45) is 11.7 Å². The molecule has 4 nitrogen and oxygen atoms in total. The molecule has 0 saturated carbocycles. The molecule has 0 spiro atoms. The summed E-state index contributed by atoms with van der Waals surface area (Å²) in [5, 5.41) is 6.01. The summed E-state index contributed by atoms with van der Waals surface area (Å²) in [7, 11) is 0. The molecule has 4 N–H and O–H groups in total. The third-order valence-electron chi connectivity index (χ3n) is 1.68. The molecule has 4 heteroatoms. The van der Waals surface area contributed by atoms with Gasteiger partial charge in [0.1, 0.15) is 0 Å². The fraction of sp³-hybridized carbons (Fsp3) is 0.889. The van der Waals surface area contributed by atoms with Crippen LogP contribution in [0.2, 0.25) is 0 Å². The molecule has 0 fully saturated rings. The molecule has 0 aromatic rings. The summed E-state index contributed by atoms with van der Waals surface area (Å²) < 4.78 is 0. The van der Waals surface area contributed by atoms with Crippen molar-refractivity contribution in [3.8, 4) is 0 Å². The van der Waals surface area contributed by atoms with E-state index >= 15 is 0 Å². The molecule has 0 aliphatic rings. The maximum absolute atomic E-state index is 11.1. The standard InChI is InChI=1S/C9H21N3O/c1-8(2)9(13)12-7-6-11-5-3-4-10/h8,11H,3-7,10H2,1-2H3,(H,12,13). The maximum atomic E-state index is 11.1. The van der Waals surface area contributed by atoms with Gasteiger partial charge < -0.3 is 16.4 Å². The van der Waals surface area contributed by atoms with Crippen molar-refractivity contribution >= 4 is 5.91 Å². The molecule has 1 amide bonds. The second-order valence-electron chi connectivity index (χ2n) is 3.34. The minimum Gasteiger partial charge on any atom is -0.355 e. The van der Waals surface area contributed by atoms with Gasteiger partial charge in [0.05, 0.1) is 0 Å². The Hall–Kier alpha value is -0.610. The van der Waals surface area contributed by atoms with Crippen LogP contribution in [0.1, 0.15) is 20.3 Å². The lowest BCUT2D eigenvalue weighted by Crippen LogP contribution is -2.34. The van der Waals surface area contributed by atoms with E-state index in [0.29, 0.717) is 13.1 Å². The summed E-state index contributed by atoms with van der Waals surface area (Å²) in [6.07, 6.45) is 0.984. The summed E-state index contributed by atoms with van der Waals surface area (Å²) >= 11 is 0. The van der Waals surface area contributed by atoms with Gasteiger partial charge in [-0.2, -0.15) is 0 Å². The highest BCUT2D eigenvalue weighted by Gasteiger charge is 2.03. The number of rotatable bonds is 7. The minimum absolute atomic E-state index is 0.0732. The first-order valence-electron chi connectivity index (χ1n) is 4.87. The molecule has 0 rings (SSSR count). The van der Waals surface area contributed by atoms with E-state index < -0.39 is 0 Å². The molecule has 0 aromatic carbocycles. The third-order valence-corrected chi connectivity index (χ3v) is 1.68. The van der Waals surface area contributed by atoms with Crippen molar-refractivity contribution in [1.29, 1.82) is 0 Å². The number of carbonyl (C=O) groups is 1. The van der Waals surface area contributed by atoms with Gasteiger partial charge in [-0.3, -0.25) is 4.79 Å². The molecule has 0 radical (unpaired) electrons. The molecular weight excluding hydrogens is 166 g/mol. The Morgan fingerprint density at radius 2 is 2.00 bits per heavy atom. The Bertz CT molecular complexity index is 137. The average Bonchev–Trinajstić information content (AvgIpc) is 2.10. The zero-order chi connectivity index (χ0) is 10.1. The highest BCUT2D eigenvalue weighted by molar-refractivity contribution is 5.77. The Morgan fingerprint density at radius 3 is 2.54 bits per heavy atom. The minimum atomic E-state index is 0.0732. The van der Waals surface area contributed by atoms with Gasteiger partial charge in [-0.15, -0.1) is 0 Å². The van der Waals surface area contributed by atoms with Crippen LogP contribution in [0.5, 0.6) is 0 Å². The normalized spacial score (nSPS) is 10.5. The molecule has 0 bridgehead atoms. The van der Waals surface area contributed by atoms with Crippen LogP contribution in [0.15, 0.2) is 0 Å². The highest BCUT2D eigenvalue weighted by Crippen LogP contribution is 1.88. The molecule has 0 unspecified atom stereocenters. The van der Waals surface area contributed by atoms with Crippen molar-refractivity contribution in [3.05, 3.63) is 0 Å². The van der Waals surface area contributed by atoms with Crippen molar-refractivity contribution in [2.75, 3.05) is 26.2 Å². The van der Waals surface area contributed by atoms with Crippen LogP contribution in [-0.2, 0) is 4.79 Å². The van der Waals surface area contributed by atoms with Gasteiger partial charge in [0, 0.05) is 19.0 Å². The summed E-state index contributed by atoms with van der Waals surface area (Å²) in [5.74, 6) is 0.185. The SMILES string of the molecule is CC(C)C(=O)NCCNCCCN. The fourth-order valence-corrected chi connectivity index (χ4v) is 0.830. The van der Waals surface area contributed by atoms with E-state index in [4.69, 9.17) is 5.73 Å². The van der Waals surface area contributed by atoms with Crippen molar-refractivity contribution < 1.29 is 4.79 Å². The maximum Gasteiger partial charge on any atom is 0.222 e. The second-order valence-corrected chi connectivity index (χ2v) is 3.34. The first-order valence-corrected chi connectivity index (χ1v) is 4.87. The van der Waals surface area contributed by atoms with Crippen LogP contribution in [-0.4, -0.2) is 32.1 Å². The zero-order valence-corrected chi connectivity index (χ0v) is 8.60. The predicted molar refractivity (Wildman–Crippen MR) is 54.4 cm³/mol. The fourth-order valence-electron chi connectivity index (χ4n) is 0.830. The Balaban J connectivity index is 3.12. The number of carbonyl (C=O) groups excluding carboxylic acids is 1. The molecule has 78 valence electrons. The molecule has 0 heterocycles. The topological polar surface area (TPSA) is 67.2 Å². The monoisotopic (exact) mass is 187 g/mol. The number of nitrogens with one attached hydrogen (secondary N) is 2. The third kappa shape index (κ3) is 7.74. The lowest BCUT2D eigenvalue weighted by molar-refractivity contribution is -0.123. The second kappa shape index (κ2) is 8.01. The van der Waals surface area contributed by atoms with Gasteiger partial charge in [-0.1, -0.05) is 13.8 Å².